The van der Waals surface area contributed by atoms with Crippen LogP contribution in [0.4, 0.5) is 0 Å². The van der Waals surface area contributed by atoms with Gasteiger partial charge in [-0.3, -0.25) is 9.79 Å². The molecule has 0 aromatic rings. The lowest BCUT2D eigenvalue weighted by molar-refractivity contribution is -0.182. The van der Waals surface area contributed by atoms with Crippen LogP contribution in [0.2, 0.25) is 0 Å². The number of esters is 2. The van der Waals surface area contributed by atoms with Crippen LogP contribution in [0.1, 0.15) is 20.3 Å². The summed E-state index contributed by atoms with van der Waals surface area (Å²) in [5.74, 6) is -1.62. The number of halogens is 1. The number of fused-ring (bicyclic) bond motifs is 2. The van der Waals surface area contributed by atoms with Gasteiger partial charge in [0.05, 0.1) is 13.0 Å². The van der Waals surface area contributed by atoms with Gasteiger partial charge in [0, 0.05) is 6.42 Å². The van der Waals surface area contributed by atoms with E-state index in [1.54, 1.807) is 6.92 Å². The predicted octanol–water partition coefficient (Wildman–Crippen LogP) is 0.891. The molecule has 3 heterocycles. The van der Waals surface area contributed by atoms with Crippen molar-refractivity contribution in [2.75, 3.05) is 7.11 Å². The quantitative estimate of drug-likeness (QED) is 0.644. The van der Waals surface area contributed by atoms with Crippen molar-refractivity contribution in [3.63, 3.8) is 0 Å². The molecule has 0 aromatic carbocycles. The molecule has 3 rings (SSSR count). The van der Waals surface area contributed by atoms with E-state index in [4.69, 9.17) is 16.3 Å². The van der Waals surface area contributed by atoms with E-state index in [2.05, 4.69) is 9.73 Å². The molecule has 0 spiro atoms. The standard InChI is InChI=1S/C10H12ClNO4/c1-9-4-5(6(13)15-3)10(2,8(14)16-9)12-7(9)11/h5H,4H2,1-3H3/t5-,9+,10+/m1/s1. The molecule has 3 aliphatic rings. The summed E-state index contributed by atoms with van der Waals surface area (Å²) in [7, 11) is 1.28. The van der Waals surface area contributed by atoms with Crippen LogP contribution >= 0.6 is 11.6 Å². The van der Waals surface area contributed by atoms with Gasteiger partial charge in [0.1, 0.15) is 5.17 Å². The van der Waals surface area contributed by atoms with Crippen molar-refractivity contribution in [2.24, 2.45) is 10.9 Å². The molecular formula is C10H12ClNO4. The maximum absolute atomic E-state index is 11.8. The van der Waals surface area contributed by atoms with Gasteiger partial charge in [0.25, 0.3) is 0 Å². The molecule has 6 heteroatoms. The minimum atomic E-state index is -1.25. The largest absolute Gasteiger partial charge is 0.469 e. The average Bonchev–Trinajstić information content (AvgIpc) is 2.21. The molecule has 0 aromatic heterocycles. The summed E-state index contributed by atoms with van der Waals surface area (Å²) < 4.78 is 9.88. The monoisotopic (exact) mass is 245 g/mol. The first-order valence-electron chi connectivity index (χ1n) is 4.90. The highest BCUT2D eigenvalue weighted by atomic mass is 35.5. The highest BCUT2D eigenvalue weighted by Gasteiger charge is 2.62. The van der Waals surface area contributed by atoms with Gasteiger partial charge in [-0.25, -0.2) is 4.79 Å². The lowest BCUT2D eigenvalue weighted by atomic mass is 9.73. The van der Waals surface area contributed by atoms with Crippen LogP contribution < -0.4 is 0 Å². The van der Waals surface area contributed by atoms with Gasteiger partial charge >= 0.3 is 11.9 Å². The smallest absolute Gasteiger partial charge is 0.335 e. The summed E-state index contributed by atoms with van der Waals surface area (Å²) in [5, 5.41) is 0.231. The first-order chi connectivity index (χ1) is 7.33. The Morgan fingerprint density at radius 3 is 2.81 bits per heavy atom. The fourth-order valence-electron chi connectivity index (χ4n) is 2.11. The number of hydrogen-bond donors (Lipinski definition) is 0. The van der Waals surface area contributed by atoms with Crippen molar-refractivity contribution in [3.05, 3.63) is 0 Å². The number of ether oxygens (including phenoxy) is 2. The van der Waals surface area contributed by atoms with E-state index in [0.29, 0.717) is 6.42 Å². The molecule has 3 atom stereocenters. The van der Waals surface area contributed by atoms with Crippen LogP contribution in [0, 0.1) is 5.92 Å². The predicted molar refractivity (Wildman–Crippen MR) is 56.3 cm³/mol. The molecule has 1 fully saturated rings. The molecule has 3 aliphatic heterocycles. The first kappa shape index (κ1) is 11.4. The normalized spacial score (nSPS) is 41.4. The minimum Gasteiger partial charge on any atom is -0.469 e. The van der Waals surface area contributed by atoms with Crippen molar-refractivity contribution >= 4 is 28.7 Å². The molecule has 0 N–H and O–H groups in total. The molecule has 0 unspecified atom stereocenters. The third-order valence-corrected chi connectivity index (χ3v) is 3.74. The Hall–Kier alpha value is -1.10. The van der Waals surface area contributed by atoms with Gasteiger partial charge in [-0.2, -0.15) is 0 Å². The zero-order valence-corrected chi connectivity index (χ0v) is 10.00. The van der Waals surface area contributed by atoms with Gasteiger partial charge in [-0.15, -0.1) is 0 Å². The van der Waals surface area contributed by atoms with Crippen molar-refractivity contribution < 1.29 is 19.1 Å². The summed E-state index contributed by atoms with van der Waals surface area (Å²) in [6.07, 6.45) is 0.310. The highest BCUT2D eigenvalue weighted by molar-refractivity contribution is 6.68. The number of carbonyl (C=O) groups excluding carboxylic acids is 2. The Morgan fingerprint density at radius 2 is 2.25 bits per heavy atom. The molecule has 16 heavy (non-hydrogen) atoms. The fraction of sp³-hybridized carbons (Fsp3) is 0.700. The van der Waals surface area contributed by atoms with Crippen LogP contribution in [0.3, 0.4) is 0 Å². The summed E-state index contributed by atoms with van der Waals surface area (Å²) in [6.45, 7) is 3.18. The van der Waals surface area contributed by atoms with Crippen molar-refractivity contribution in [3.8, 4) is 0 Å². The zero-order chi connectivity index (χ0) is 12.1. The van der Waals surface area contributed by atoms with Gasteiger partial charge in [-0.1, -0.05) is 11.6 Å². The number of carbonyl (C=O) groups is 2. The first-order valence-corrected chi connectivity index (χ1v) is 5.28. The molecule has 1 saturated heterocycles. The summed E-state index contributed by atoms with van der Waals surface area (Å²) in [6, 6.07) is 0. The number of methoxy groups -OCH3 is 1. The van der Waals surface area contributed by atoms with Gasteiger partial charge in [0.2, 0.25) is 0 Å². The zero-order valence-electron chi connectivity index (χ0n) is 9.24. The van der Waals surface area contributed by atoms with Crippen molar-refractivity contribution in [1.29, 1.82) is 0 Å². The van der Waals surface area contributed by atoms with Gasteiger partial charge in [-0.05, 0) is 13.8 Å². The number of rotatable bonds is 1. The Kier molecular flexibility index (Phi) is 2.28. The Bertz CT molecular complexity index is 408. The van der Waals surface area contributed by atoms with Crippen molar-refractivity contribution in [2.45, 2.75) is 31.4 Å². The van der Waals surface area contributed by atoms with E-state index in [9.17, 15) is 9.59 Å². The lowest BCUT2D eigenvalue weighted by Crippen LogP contribution is -2.63. The second-order valence-electron chi connectivity index (χ2n) is 4.45. The molecular weight excluding hydrogens is 234 g/mol. The Balaban J connectivity index is 2.49. The molecule has 0 aliphatic carbocycles. The van der Waals surface area contributed by atoms with Gasteiger partial charge < -0.3 is 9.47 Å². The van der Waals surface area contributed by atoms with Crippen LogP contribution in [-0.4, -0.2) is 35.4 Å². The maximum Gasteiger partial charge on any atom is 0.335 e. The Labute approximate surface area is 97.8 Å². The van der Waals surface area contributed by atoms with Gasteiger partial charge in [0.15, 0.2) is 11.1 Å². The SMILES string of the molecule is COC(=O)[C@H]1C[C@]2(C)OC(=O)[C@@]1(C)N=C2Cl. The molecule has 0 saturated carbocycles. The van der Waals surface area contributed by atoms with E-state index in [-0.39, 0.29) is 5.17 Å². The number of aliphatic imine (C=N–C) groups is 1. The molecule has 0 amide bonds. The second kappa shape index (κ2) is 3.20. The third kappa shape index (κ3) is 1.27. The van der Waals surface area contributed by atoms with E-state index < -0.39 is 29.0 Å². The summed E-state index contributed by atoms with van der Waals surface area (Å²) in [4.78, 5) is 27.5. The van der Waals surface area contributed by atoms with E-state index >= 15 is 0 Å². The highest BCUT2D eigenvalue weighted by Crippen LogP contribution is 2.45. The summed E-state index contributed by atoms with van der Waals surface area (Å²) in [5.41, 5.74) is -2.24. The van der Waals surface area contributed by atoms with Crippen LogP contribution in [0.5, 0.6) is 0 Å². The molecule has 88 valence electrons. The topological polar surface area (TPSA) is 65.0 Å². The molecule has 2 bridgehead atoms. The van der Waals surface area contributed by atoms with Crippen LogP contribution in [0.25, 0.3) is 0 Å². The summed E-state index contributed by atoms with van der Waals surface area (Å²) >= 11 is 5.94. The minimum absolute atomic E-state index is 0.231. The number of nitrogens with zero attached hydrogens (tertiary/aromatic N) is 1. The van der Waals surface area contributed by atoms with Crippen LogP contribution in [-0.2, 0) is 19.1 Å². The Morgan fingerprint density at radius 1 is 1.62 bits per heavy atom. The van der Waals surface area contributed by atoms with E-state index in [1.807, 2.05) is 0 Å². The number of hydrogen-bond acceptors (Lipinski definition) is 5. The second-order valence-corrected chi connectivity index (χ2v) is 4.81. The van der Waals surface area contributed by atoms with E-state index in [0.717, 1.165) is 0 Å². The average molecular weight is 246 g/mol. The van der Waals surface area contributed by atoms with Crippen LogP contribution in [0.15, 0.2) is 4.99 Å². The third-order valence-electron chi connectivity index (χ3n) is 3.26. The molecule has 0 radical (unpaired) electrons. The lowest BCUT2D eigenvalue weighted by Gasteiger charge is -2.48. The van der Waals surface area contributed by atoms with E-state index in [1.165, 1.54) is 14.0 Å². The fourth-order valence-corrected chi connectivity index (χ4v) is 2.40. The molecule has 5 nitrogen and oxygen atoms in total. The maximum atomic E-state index is 11.8. The van der Waals surface area contributed by atoms with Crippen molar-refractivity contribution in [1.82, 2.24) is 0 Å².